The molecule has 0 fully saturated rings. The number of nitrogens with one attached hydrogen (secondary N) is 1. The Bertz CT molecular complexity index is 1070. The van der Waals surface area contributed by atoms with Gasteiger partial charge in [-0.15, -0.1) is 0 Å². The molecular weight excluding hydrogens is 394 g/mol. The zero-order valence-electron chi connectivity index (χ0n) is 17.9. The Labute approximate surface area is 181 Å². The van der Waals surface area contributed by atoms with Gasteiger partial charge < -0.3 is 19.2 Å². The van der Waals surface area contributed by atoms with Crippen LogP contribution in [0.1, 0.15) is 42.6 Å². The van der Waals surface area contributed by atoms with Crippen LogP contribution in [0.3, 0.4) is 0 Å². The van der Waals surface area contributed by atoms with Crippen molar-refractivity contribution in [1.82, 2.24) is 4.98 Å². The highest BCUT2D eigenvalue weighted by molar-refractivity contribution is 6.09. The maximum absolute atomic E-state index is 12.4. The molecule has 0 saturated carbocycles. The van der Waals surface area contributed by atoms with Gasteiger partial charge in [0, 0.05) is 28.7 Å². The smallest absolute Gasteiger partial charge is 0.331 e. The zero-order valence-corrected chi connectivity index (χ0v) is 17.9. The van der Waals surface area contributed by atoms with Crippen LogP contribution < -0.4 is 9.47 Å². The number of fused-ring (bicyclic) bond motifs is 1. The molecule has 0 aliphatic carbocycles. The minimum atomic E-state index is -0.588. The van der Waals surface area contributed by atoms with Crippen LogP contribution in [0.4, 0.5) is 0 Å². The molecule has 31 heavy (non-hydrogen) atoms. The van der Waals surface area contributed by atoms with Crippen molar-refractivity contribution < 1.29 is 23.8 Å². The summed E-state index contributed by atoms with van der Waals surface area (Å²) in [7, 11) is 0. The molecule has 0 atom stereocenters. The van der Waals surface area contributed by atoms with Crippen molar-refractivity contribution >= 4 is 28.7 Å². The molecule has 1 aromatic heterocycles. The first-order valence-electron chi connectivity index (χ1n) is 10.5. The minimum absolute atomic E-state index is 0.258. The van der Waals surface area contributed by atoms with Crippen molar-refractivity contribution in [2.45, 2.75) is 26.7 Å². The van der Waals surface area contributed by atoms with E-state index in [1.807, 2.05) is 49.4 Å². The van der Waals surface area contributed by atoms with Crippen molar-refractivity contribution in [3.63, 3.8) is 0 Å². The molecule has 0 saturated heterocycles. The van der Waals surface area contributed by atoms with Gasteiger partial charge in [0.15, 0.2) is 18.1 Å². The fourth-order valence-electron chi connectivity index (χ4n) is 3.07. The molecule has 0 bridgehead atoms. The lowest BCUT2D eigenvalue weighted by atomic mass is 10.1. The predicted octanol–water partition coefficient (Wildman–Crippen LogP) is 5.18. The summed E-state index contributed by atoms with van der Waals surface area (Å²) < 4.78 is 16.5. The quantitative estimate of drug-likeness (QED) is 0.200. The van der Waals surface area contributed by atoms with Gasteiger partial charge in [-0.3, -0.25) is 4.79 Å². The SMILES string of the molecule is CCCCOc1ccc(C=CC(=O)OCC(=O)c2c[nH]c3ccccc23)cc1OCC. The lowest BCUT2D eigenvalue weighted by Gasteiger charge is -2.12. The number of rotatable bonds is 11. The molecule has 6 heteroatoms. The Morgan fingerprint density at radius 2 is 1.87 bits per heavy atom. The summed E-state index contributed by atoms with van der Waals surface area (Å²) in [5, 5.41) is 0.809. The topological polar surface area (TPSA) is 77.6 Å². The number of ether oxygens (including phenoxy) is 3. The highest BCUT2D eigenvalue weighted by Gasteiger charge is 2.13. The molecule has 0 radical (unpaired) electrons. The van der Waals surface area contributed by atoms with E-state index in [-0.39, 0.29) is 12.4 Å². The van der Waals surface area contributed by atoms with E-state index in [9.17, 15) is 9.59 Å². The van der Waals surface area contributed by atoms with Gasteiger partial charge in [-0.05, 0) is 43.2 Å². The van der Waals surface area contributed by atoms with Crippen molar-refractivity contribution in [2.24, 2.45) is 0 Å². The van der Waals surface area contributed by atoms with Crippen LogP contribution in [0.2, 0.25) is 0 Å². The minimum Gasteiger partial charge on any atom is -0.490 e. The van der Waals surface area contributed by atoms with Crippen LogP contribution in [-0.2, 0) is 9.53 Å². The van der Waals surface area contributed by atoms with Crippen molar-refractivity contribution in [1.29, 1.82) is 0 Å². The van der Waals surface area contributed by atoms with Gasteiger partial charge in [0.1, 0.15) is 0 Å². The molecule has 0 amide bonds. The lowest BCUT2D eigenvalue weighted by molar-refractivity contribution is -0.136. The van der Waals surface area contributed by atoms with Crippen LogP contribution in [-0.4, -0.2) is 36.6 Å². The third-order valence-corrected chi connectivity index (χ3v) is 4.67. The number of Topliss-reactive ketones (excluding diaryl/α,β-unsaturated/α-hetero) is 1. The van der Waals surface area contributed by atoms with Gasteiger partial charge in [-0.1, -0.05) is 37.6 Å². The average molecular weight is 421 g/mol. The number of esters is 1. The standard InChI is InChI=1S/C25H27NO5/c1-3-5-14-30-23-12-10-18(15-24(23)29-4-2)11-13-25(28)31-17-22(27)20-16-26-21-9-7-6-8-19(20)21/h6-13,15-16,26H,3-5,14,17H2,1-2H3. The lowest BCUT2D eigenvalue weighted by Crippen LogP contribution is -2.12. The zero-order chi connectivity index (χ0) is 22.1. The number of hydrogen-bond acceptors (Lipinski definition) is 5. The van der Waals surface area contributed by atoms with Crippen LogP contribution in [0, 0.1) is 0 Å². The Morgan fingerprint density at radius 3 is 2.68 bits per heavy atom. The number of aromatic amines is 1. The highest BCUT2D eigenvalue weighted by Crippen LogP contribution is 2.29. The Morgan fingerprint density at radius 1 is 1.03 bits per heavy atom. The van der Waals surface area contributed by atoms with Crippen molar-refractivity contribution in [2.75, 3.05) is 19.8 Å². The first-order chi connectivity index (χ1) is 15.1. The van der Waals surface area contributed by atoms with E-state index < -0.39 is 5.97 Å². The van der Waals surface area contributed by atoms with Crippen molar-refractivity contribution in [3.8, 4) is 11.5 Å². The summed E-state index contributed by atoms with van der Waals surface area (Å²) in [6.45, 7) is 4.82. The molecule has 6 nitrogen and oxygen atoms in total. The summed E-state index contributed by atoms with van der Waals surface area (Å²) in [6, 6.07) is 13.0. The van der Waals surface area contributed by atoms with Gasteiger partial charge >= 0.3 is 5.97 Å². The summed E-state index contributed by atoms with van der Waals surface area (Å²) in [5.41, 5.74) is 2.14. The molecule has 1 N–H and O–H groups in total. The maximum Gasteiger partial charge on any atom is 0.331 e. The second-order valence-corrected chi connectivity index (χ2v) is 6.95. The third-order valence-electron chi connectivity index (χ3n) is 4.67. The van der Waals surface area contributed by atoms with E-state index in [0.29, 0.717) is 30.3 Å². The van der Waals surface area contributed by atoms with Crippen LogP contribution in [0.25, 0.3) is 17.0 Å². The largest absolute Gasteiger partial charge is 0.490 e. The van der Waals surface area contributed by atoms with Crippen molar-refractivity contribution in [3.05, 3.63) is 65.9 Å². The van der Waals surface area contributed by atoms with Crippen LogP contribution >= 0.6 is 0 Å². The number of ketones is 1. The number of aromatic nitrogens is 1. The summed E-state index contributed by atoms with van der Waals surface area (Å²) in [5.74, 6) is 0.462. The van der Waals surface area contributed by atoms with E-state index in [1.54, 1.807) is 12.3 Å². The fourth-order valence-corrected chi connectivity index (χ4v) is 3.07. The molecular formula is C25H27NO5. The Balaban J connectivity index is 1.58. The summed E-state index contributed by atoms with van der Waals surface area (Å²) >= 11 is 0. The number of carbonyl (C=O) groups excluding carboxylic acids is 2. The Kier molecular flexibility index (Phi) is 7.87. The number of carbonyl (C=O) groups is 2. The van der Waals surface area contributed by atoms with E-state index >= 15 is 0 Å². The second-order valence-electron chi connectivity index (χ2n) is 6.95. The molecule has 0 unspecified atom stereocenters. The first-order valence-corrected chi connectivity index (χ1v) is 10.5. The predicted molar refractivity (Wildman–Crippen MR) is 121 cm³/mol. The highest BCUT2D eigenvalue weighted by atomic mass is 16.5. The third kappa shape index (κ3) is 5.98. The average Bonchev–Trinajstić information content (AvgIpc) is 3.22. The molecule has 0 aliphatic rings. The molecule has 2 aromatic carbocycles. The van der Waals surface area contributed by atoms with E-state index in [1.165, 1.54) is 6.08 Å². The van der Waals surface area contributed by atoms with Gasteiger partial charge in [0.25, 0.3) is 0 Å². The number of benzene rings is 2. The maximum atomic E-state index is 12.4. The molecule has 3 rings (SSSR count). The van der Waals surface area contributed by atoms with E-state index in [0.717, 1.165) is 29.3 Å². The normalized spacial score (nSPS) is 11.0. The van der Waals surface area contributed by atoms with Gasteiger partial charge in [0.2, 0.25) is 5.78 Å². The van der Waals surface area contributed by atoms with Gasteiger partial charge in [-0.2, -0.15) is 0 Å². The molecule has 3 aromatic rings. The van der Waals surface area contributed by atoms with Gasteiger partial charge in [0.05, 0.1) is 13.2 Å². The number of unbranched alkanes of at least 4 members (excludes halogenated alkanes) is 1. The Hall–Kier alpha value is -3.54. The van der Waals surface area contributed by atoms with Crippen LogP contribution in [0.5, 0.6) is 11.5 Å². The number of hydrogen-bond donors (Lipinski definition) is 1. The molecule has 1 heterocycles. The molecule has 162 valence electrons. The summed E-state index contributed by atoms with van der Waals surface area (Å²) in [4.78, 5) is 27.5. The van der Waals surface area contributed by atoms with Crippen LogP contribution in [0.15, 0.2) is 54.7 Å². The number of para-hydroxylation sites is 1. The number of H-pyrrole nitrogens is 1. The first kappa shape index (κ1) is 22.2. The molecule has 0 aliphatic heterocycles. The second kappa shape index (κ2) is 11.0. The fraction of sp³-hybridized carbons (Fsp3) is 0.280. The summed E-state index contributed by atoms with van der Waals surface area (Å²) in [6.07, 6.45) is 6.57. The van der Waals surface area contributed by atoms with E-state index in [4.69, 9.17) is 14.2 Å². The monoisotopic (exact) mass is 421 g/mol. The van der Waals surface area contributed by atoms with Gasteiger partial charge in [-0.25, -0.2) is 4.79 Å². The molecule has 0 spiro atoms. The van der Waals surface area contributed by atoms with E-state index in [2.05, 4.69) is 11.9 Å².